The van der Waals surface area contributed by atoms with Crippen molar-refractivity contribution in [3.8, 4) is 0 Å². The molecule has 0 bridgehead atoms. The standard InChI is InChI=1S/C12H14N2O4/c1-13-6-8(5-11(15)16)7-2-3-9-10(4-7)18-12(17)14-9/h2-4,8,13H,5-6H2,1H3,(H,14,17)(H,15,16). The summed E-state index contributed by atoms with van der Waals surface area (Å²) in [5, 5.41) is 11.8. The number of oxazole rings is 1. The van der Waals surface area contributed by atoms with Crippen LogP contribution in [0.2, 0.25) is 0 Å². The molecule has 0 saturated carbocycles. The smallest absolute Gasteiger partial charge is 0.417 e. The number of hydrogen-bond donors (Lipinski definition) is 3. The highest BCUT2D eigenvalue weighted by Gasteiger charge is 2.16. The molecule has 3 N–H and O–H groups in total. The fourth-order valence-electron chi connectivity index (χ4n) is 1.98. The third-order valence-electron chi connectivity index (χ3n) is 2.79. The second-order valence-electron chi connectivity index (χ2n) is 4.12. The van der Waals surface area contributed by atoms with Gasteiger partial charge < -0.3 is 14.8 Å². The minimum Gasteiger partial charge on any atom is -0.481 e. The molecule has 6 nitrogen and oxygen atoms in total. The average molecular weight is 250 g/mol. The van der Waals surface area contributed by atoms with Gasteiger partial charge >= 0.3 is 11.7 Å². The number of aliphatic carboxylic acids is 1. The van der Waals surface area contributed by atoms with E-state index in [1.807, 2.05) is 0 Å². The number of rotatable bonds is 5. The predicted molar refractivity (Wildman–Crippen MR) is 65.8 cm³/mol. The summed E-state index contributed by atoms with van der Waals surface area (Å²) in [6.07, 6.45) is 0.0288. The molecule has 96 valence electrons. The van der Waals surface area contributed by atoms with Crippen molar-refractivity contribution in [1.82, 2.24) is 10.3 Å². The van der Waals surface area contributed by atoms with Crippen LogP contribution in [-0.2, 0) is 4.79 Å². The molecule has 0 spiro atoms. The summed E-state index contributed by atoms with van der Waals surface area (Å²) in [4.78, 5) is 24.4. The Balaban J connectivity index is 2.36. The van der Waals surface area contributed by atoms with E-state index in [9.17, 15) is 9.59 Å². The summed E-state index contributed by atoms with van der Waals surface area (Å²) in [7, 11) is 1.77. The lowest BCUT2D eigenvalue weighted by Crippen LogP contribution is -2.19. The highest BCUT2D eigenvalue weighted by Crippen LogP contribution is 2.22. The zero-order valence-electron chi connectivity index (χ0n) is 9.90. The zero-order valence-corrected chi connectivity index (χ0v) is 9.90. The zero-order chi connectivity index (χ0) is 13.1. The molecule has 0 radical (unpaired) electrons. The summed E-state index contributed by atoms with van der Waals surface area (Å²) in [6, 6.07) is 5.23. The normalized spacial score (nSPS) is 12.7. The number of carboxylic acids is 1. The Bertz CT molecular complexity index is 614. The Morgan fingerprint density at radius 2 is 2.33 bits per heavy atom. The highest BCUT2D eigenvalue weighted by atomic mass is 16.4. The Morgan fingerprint density at radius 1 is 1.56 bits per heavy atom. The van der Waals surface area contributed by atoms with Gasteiger partial charge in [-0.1, -0.05) is 6.07 Å². The van der Waals surface area contributed by atoms with Crippen LogP contribution in [0, 0.1) is 0 Å². The van der Waals surface area contributed by atoms with Gasteiger partial charge in [-0.15, -0.1) is 0 Å². The third-order valence-corrected chi connectivity index (χ3v) is 2.79. The van der Waals surface area contributed by atoms with Crippen molar-refractivity contribution >= 4 is 17.1 Å². The van der Waals surface area contributed by atoms with Crippen LogP contribution in [0.5, 0.6) is 0 Å². The van der Waals surface area contributed by atoms with Crippen LogP contribution in [0.3, 0.4) is 0 Å². The summed E-state index contributed by atoms with van der Waals surface area (Å²) < 4.78 is 4.96. The van der Waals surface area contributed by atoms with Gasteiger partial charge in [0.15, 0.2) is 5.58 Å². The number of carbonyl (C=O) groups is 1. The molecular weight excluding hydrogens is 236 g/mol. The van der Waals surface area contributed by atoms with Crippen LogP contribution in [0.4, 0.5) is 0 Å². The van der Waals surface area contributed by atoms with Crippen LogP contribution in [0.25, 0.3) is 11.1 Å². The molecule has 1 unspecified atom stereocenters. The SMILES string of the molecule is CNCC(CC(=O)O)c1ccc2[nH]c(=O)oc2c1. The van der Waals surface area contributed by atoms with Crippen LogP contribution < -0.4 is 11.1 Å². The van der Waals surface area contributed by atoms with Crippen molar-refractivity contribution in [2.75, 3.05) is 13.6 Å². The quantitative estimate of drug-likeness (QED) is 0.732. The van der Waals surface area contributed by atoms with Gasteiger partial charge in [0, 0.05) is 12.5 Å². The molecule has 1 aromatic heterocycles. The van der Waals surface area contributed by atoms with Gasteiger partial charge in [-0.3, -0.25) is 9.78 Å². The minimum absolute atomic E-state index is 0.0288. The summed E-state index contributed by atoms with van der Waals surface area (Å²) in [5.41, 5.74) is 1.90. The van der Waals surface area contributed by atoms with E-state index < -0.39 is 11.7 Å². The predicted octanol–water partition coefficient (Wildman–Crippen LogP) is 0.899. The minimum atomic E-state index is -0.856. The fourth-order valence-corrected chi connectivity index (χ4v) is 1.98. The molecule has 2 rings (SSSR count). The molecule has 1 heterocycles. The molecule has 1 atom stereocenters. The van der Waals surface area contributed by atoms with E-state index in [1.165, 1.54) is 0 Å². The molecule has 1 aromatic carbocycles. The number of aromatic nitrogens is 1. The third kappa shape index (κ3) is 2.60. The van der Waals surface area contributed by atoms with Gasteiger partial charge in [-0.2, -0.15) is 0 Å². The Labute approximate surface area is 103 Å². The molecule has 18 heavy (non-hydrogen) atoms. The molecule has 0 aliphatic carbocycles. The Morgan fingerprint density at radius 3 is 3.00 bits per heavy atom. The van der Waals surface area contributed by atoms with Crippen LogP contribution >= 0.6 is 0 Å². The monoisotopic (exact) mass is 250 g/mol. The Hall–Kier alpha value is -2.08. The van der Waals surface area contributed by atoms with Gasteiger partial charge in [0.25, 0.3) is 0 Å². The lowest BCUT2D eigenvalue weighted by Gasteiger charge is -2.14. The van der Waals surface area contributed by atoms with Crippen molar-refractivity contribution in [3.63, 3.8) is 0 Å². The molecule has 0 aliphatic rings. The number of aromatic amines is 1. The summed E-state index contributed by atoms with van der Waals surface area (Å²) >= 11 is 0. The van der Waals surface area contributed by atoms with Crippen LogP contribution in [0.1, 0.15) is 17.9 Å². The number of H-pyrrole nitrogens is 1. The first-order valence-corrected chi connectivity index (χ1v) is 5.59. The molecule has 0 saturated heterocycles. The Kier molecular flexibility index (Phi) is 3.47. The van der Waals surface area contributed by atoms with Crippen molar-refractivity contribution in [1.29, 1.82) is 0 Å². The second-order valence-corrected chi connectivity index (χ2v) is 4.12. The number of nitrogens with one attached hydrogen (secondary N) is 2. The number of likely N-dealkylation sites (N-methyl/N-ethyl adjacent to an activating group) is 1. The van der Waals surface area contributed by atoms with Crippen molar-refractivity contribution in [2.24, 2.45) is 0 Å². The lowest BCUT2D eigenvalue weighted by molar-refractivity contribution is -0.137. The van der Waals surface area contributed by atoms with Crippen LogP contribution in [0.15, 0.2) is 27.4 Å². The maximum absolute atomic E-state index is 11.0. The van der Waals surface area contributed by atoms with E-state index in [-0.39, 0.29) is 12.3 Å². The topological polar surface area (TPSA) is 95.3 Å². The molecule has 0 amide bonds. The first-order chi connectivity index (χ1) is 8.60. The summed E-state index contributed by atoms with van der Waals surface area (Å²) in [5.74, 6) is -1.52. The van der Waals surface area contributed by atoms with Gasteiger partial charge in [-0.25, -0.2) is 4.79 Å². The van der Waals surface area contributed by atoms with E-state index >= 15 is 0 Å². The molecule has 0 fully saturated rings. The number of carboxylic acid groups (broad SMARTS) is 1. The van der Waals surface area contributed by atoms with Crippen molar-refractivity contribution in [3.05, 3.63) is 34.3 Å². The number of benzene rings is 1. The van der Waals surface area contributed by atoms with Gasteiger partial charge in [0.05, 0.1) is 11.9 Å². The highest BCUT2D eigenvalue weighted by molar-refractivity contribution is 5.74. The summed E-state index contributed by atoms with van der Waals surface area (Å²) in [6.45, 7) is 0.548. The van der Waals surface area contributed by atoms with Gasteiger partial charge in [0.1, 0.15) is 0 Å². The maximum Gasteiger partial charge on any atom is 0.417 e. The van der Waals surface area contributed by atoms with Gasteiger partial charge in [-0.05, 0) is 24.7 Å². The van der Waals surface area contributed by atoms with Crippen molar-refractivity contribution < 1.29 is 14.3 Å². The molecule has 6 heteroatoms. The maximum atomic E-state index is 11.0. The lowest BCUT2D eigenvalue weighted by atomic mass is 9.95. The second kappa shape index (κ2) is 5.05. The van der Waals surface area contributed by atoms with E-state index in [0.717, 1.165) is 5.56 Å². The fraction of sp³-hybridized carbons (Fsp3) is 0.333. The molecule has 0 aliphatic heterocycles. The molecular formula is C12H14N2O4. The molecule has 2 aromatic rings. The van der Waals surface area contributed by atoms with E-state index in [0.29, 0.717) is 17.6 Å². The van der Waals surface area contributed by atoms with Crippen LogP contribution in [-0.4, -0.2) is 29.7 Å². The van der Waals surface area contributed by atoms with Crippen molar-refractivity contribution in [2.45, 2.75) is 12.3 Å². The van der Waals surface area contributed by atoms with E-state index in [2.05, 4.69) is 10.3 Å². The van der Waals surface area contributed by atoms with E-state index in [1.54, 1.807) is 25.2 Å². The van der Waals surface area contributed by atoms with E-state index in [4.69, 9.17) is 9.52 Å². The first kappa shape index (κ1) is 12.4. The largest absolute Gasteiger partial charge is 0.481 e. The first-order valence-electron chi connectivity index (χ1n) is 5.59. The van der Waals surface area contributed by atoms with Gasteiger partial charge in [0.2, 0.25) is 0 Å². The average Bonchev–Trinajstić information content (AvgIpc) is 2.66. The number of hydrogen-bond acceptors (Lipinski definition) is 4. The number of fused-ring (bicyclic) bond motifs is 1.